The van der Waals surface area contributed by atoms with Gasteiger partial charge in [-0.3, -0.25) is 0 Å². The molecule has 0 unspecified atom stereocenters. The second kappa shape index (κ2) is 7.57. The molecule has 0 radical (unpaired) electrons. The molecule has 3 rings (SSSR count). The highest BCUT2D eigenvalue weighted by atomic mass is 16.3. The molecule has 0 aliphatic carbocycles. The summed E-state index contributed by atoms with van der Waals surface area (Å²) in [5.41, 5.74) is 5.84. The van der Waals surface area contributed by atoms with Crippen LogP contribution in [0.3, 0.4) is 0 Å². The molecule has 0 amide bonds. The van der Waals surface area contributed by atoms with Crippen molar-refractivity contribution >= 4 is 0 Å². The smallest absolute Gasteiger partial charge is 0.0991 e. The van der Waals surface area contributed by atoms with Gasteiger partial charge in [0, 0.05) is 18.1 Å². The first-order valence-electron chi connectivity index (χ1n) is 7.32. The summed E-state index contributed by atoms with van der Waals surface area (Å²) in [4.78, 5) is 3.96. The Morgan fingerprint density at radius 1 is 1.00 bits per heavy atom. The lowest BCUT2D eigenvalue weighted by atomic mass is 10.0. The minimum absolute atomic E-state index is 0.151. The number of aliphatic hydroxyl groups excluding tert-OH is 1. The first kappa shape index (κ1) is 16.0. The van der Waals surface area contributed by atoms with E-state index in [1.807, 2.05) is 54.9 Å². The van der Waals surface area contributed by atoms with Crippen molar-refractivity contribution in [1.29, 1.82) is 0 Å². The van der Waals surface area contributed by atoms with E-state index in [1.165, 1.54) is 16.7 Å². The van der Waals surface area contributed by atoms with Crippen LogP contribution in [0.25, 0.3) is 5.69 Å². The van der Waals surface area contributed by atoms with Gasteiger partial charge in [-0.05, 0) is 49.6 Å². The first-order valence-corrected chi connectivity index (χ1v) is 7.32. The number of nitrogens with zero attached hydrogens (tertiary/aromatic N) is 2. The molecule has 0 aliphatic heterocycles. The van der Waals surface area contributed by atoms with Gasteiger partial charge in [-0.15, -0.1) is 0 Å². The molecule has 2 aromatic carbocycles. The fourth-order valence-corrected chi connectivity index (χ4v) is 2.47. The normalized spacial score (nSPS) is 10.0. The third-order valence-electron chi connectivity index (χ3n) is 3.56. The van der Waals surface area contributed by atoms with Crippen LogP contribution in [0, 0.1) is 20.8 Å². The minimum Gasteiger partial charge on any atom is -0.392 e. The predicted octanol–water partition coefficient (Wildman–Crippen LogP) is 3.98. The number of aryl methyl sites for hydroxylation is 3. The summed E-state index contributed by atoms with van der Waals surface area (Å²) in [6, 6.07) is 14.3. The Morgan fingerprint density at radius 2 is 1.64 bits per heavy atom. The second-order valence-corrected chi connectivity index (χ2v) is 5.34. The molecule has 0 fully saturated rings. The second-order valence-electron chi connectivity index (χ2n) is 5.34. The quantitative estimate of drug-likeness (QED) is 0.776. The standard InChI is InChI=1S/C10H14O.C9H8N2/c1-7-4-8(2)10(6-11)9(3)5-7;1-2-4-9(5-3-1)11-7-6-10-8-11/h4-5,11H,6H2,1-3H3;1-8H. The highest BCUT2D eigenvalue weighted by Crippen LogP contribution is 2.15. The summed E-state index contributed by atoms with van der Waals surface area (Å²) in [5.74, 6) is 0. The SMILES string of the molecule is Cc1cc(C)c(CO)c(C)c1.c1ccc(-n2ccnc2)cc1. The van der Waals surface area contributed by atoms with E-state index in [0.29, 0.717) is 0 Å². The Balaban J connectivity index is 0.000000160. The molecule has 0 spiro atoms. The van der Waals surface area contributed by atoms with E-state index in [0.717, 1.165) is 11.3 Å². The van der Waals surface area contributed by atoms with E-state index in [4.69, 9.17) is 5.11 Å². The Labute approximate surface area is 131 Å². The van der Waals surface area contributed by atoms with Gasteiger partial charge < -0.3 is 9.67 Å². The van der Waals surface area contributed by atoms with Crippen molar-refractivity contribution in [3.05, 3.63) is 83.4 Å². The van der Waals surface area contributed by atoms with E-state index < -0.39 is 0 Å². The maximum atomic E-state index is 8.99. The fraction of sp³-hybridized carbons (Fsp3) is 0.211. The van der Waals surface area contributed by atoms with E-state index in [9.17, 15) is 0 Å². The summed E-state index contributed by atoms with van der Waals surface area (Å²) < 4.78 is 1.97. The molecule has 0 aliphatic rings. The monoisotopic (exact) mass is 294 g/mol. The maximum absolute atomic E-state index is 8.99. The molecule has 1 aromatic heterocycles. The molecule has 1 heterocycles. The molecule has 0 bridgehead atoms. The number of aromatic nitrogens is 2. The molecule has 3 nitrogen and oxygen atoms in total. The number of rotatable bonds is 2. The zero-order valence-electron chi connectivity index (χ0n) is 13.3. The topological polar surface area (TPSA) is 38.0 Å². The summed E-state index contributed by atoms with van der Waals surface area (Å²) in [6.45, 7) is 6.29. The fourth-order valence-electron chi connectivity index (χ4n) is 2.47. The van der Waals surface area contributed by atoms with Crippen LogP contribution in [-0.2, 0) is 6.61 Å². The van der Waals surface area contributed by atoms with Crippen molar-refractivity contribution in [2.75, 3.05) is 0 Å². The number of benzene rings is 2. The molecule has 22 heavy (non-hydrogen) atoms. The van der Waals surface area contributed by atoms with E-state index in [2.05, 4.69) is 24.0 Å². The summed E-state index contributed by atoms with van der Waals surface area (Å²) in [5, 5.41) is 8.99. The van der Waals surface area contributed by atoms with Crippen LogP contribution in [0.4, 0.5) is 0 Å². The van der Waals surface area contributed by atoms with Crippen molar-refractivity contribution in [3.8, 4) is 5.69 Å². The third kappa shape index (κ3) is 4.06. The van der Waals surface area contributed by atoms with Crippen LogP contribution in [0.15, 0.2) is 61.2 Å². The van der Waals surface area contributed by atoms with Crippen molar-refractivity contribution in [2.45, 2.75) is 27.4 Å². The summed E-state index contributed by atoms with van der Waals surface area (Å²) >= 11 is 0. The molecule has 0 atom stereocenters. The van der Waals surface area contributed by atoms with E-state index in [-0.39, 0.29) is 6.61 Å². The average Bonchev–Trinajstić information content (AvgIpc) is 3.02. The predicted molar refractivity (Wildman–Crippen MR) is 90.1 cm³/mol. The maximum Gasteiger partial charge on any atom is 0.0991 e. The number of aliphatic hydroxyl groups is 1. The third-order valence-corrected chi connectivity index (χ3v) is 3.56. The van der Waals surface area contributed by atoms with Gasteiger partial charge in [-0.25, -0.2) is 4.98 Å². The van der Waals surface area contributed by atoms with Crippen molar-refractivity contribution in [2.24, 2.45) is 0 Å². The Kier molecular flexibility index (Phi) is 5.50. The van der Waals surface area contributed by atoms with Crippen LogP contribution in [0.1, 0.15) is 22.3 Å². The minimum atomic E-state index is 0.151. The van der Waals surface area contributed by atoms with Crippen LogP contribution < -0.4 is 0 Å². The molecular weight excluding hydrogens is 272 g/mol. The Bertz CT molecular complexity index is 681. The van der Waals surface area contributed by atoms with Crippen LogP contribution >= 0.6 is 0 Å². The molecule has 0 saturated carbocycles. The zero-order valence-corrected chi connectivity index (χ0v) is 13.3. The summed E-state index contributed by atoms with van der Waals surface area (Å²) in [6.07, 6.45) is 5.48. The molecular formula is C19H22N2O. The van der Waals surface area contributed by atoms with Crippen LogP contribution in [-0.4, -0.2) is 14.7 Å². The molecule has 0 saturated heterocycles. The number of hydrogen-bond donors (Lipinski definition) is 1. The van der Waals surface area contributed by atoms with Crippen molar-refractivity contribution in [3.63, 3.8) is 0 Å². The van der Waals surface area contributed by atoms with Gasteiger partial charge in [0.25, 0.3) is 0 Å². The van der Waals surface area contributed by atoms with E-state index >= 15 is 0 Å². The van der Waals surface area contributed by atoms with Gasteiger partial charge in [0.05, 0.1) is 12.9 Å². The van der Waals surface area contributed by atoms with Gasteiger partial charge in [0.2, 0.25) is 0 Å². The van der Waals surface area contributed by atoms with Gasteiger partial charge in [-0.2, -0.15) is 0 Å². The van der Waals surface area contributed by atoms with E-state index in [1.54, 1.807) is 12.5 Å². The number of hydrogen-bond acceptors (Lipinski definition) is 2. The summed E-state index contributed by atoms with van der Waals surface area (Å²) in [7, 11) is 0. The zero-order chi connectivity index (χ0) is 15.9. The Morgan fingerprint density at radius 3 is 2.14 bits per heavy atom. The van der Waals surface area contributed by atoms with Crippen molar-refractivity contribution < 1.29 is 5.11 Å². The van der Waals surface area contributed by atoms with Gasteiger partial charge in [-0.1, -0.05) is 35.9 Å². The average molecular weight is 294 g/mol. The van der Waals surface area contributed by atoms with Gasteiger partial charge in [0.15, 0.2) is 0 Å². The largest absolute Gasteiger partial charge is 0.392 e. The van der Waals surface area contributed by atoms with Crippen LogP contribution in [0.2, 0.25) is 0 Å². The van der Waals surface area contributed by atoms with Crippen molar-refractivity contribution in [1.82, 2.24) is 9.55 Å². The first-order chi connectivity index (χ1) is 10.6. The molecule has 3 aromatic rings. The van der Waals surface area contributed by atoms with Crippen LogP contribution in [0.5, 0.6) is 0 Å². The molecule has 1 N–H and O–H groups in total. The number of imidazole rings is 1. The lowest BCUT2D eigenvalue weighted by Crippen LogP contribution is -1.93. The number of para-hydroxylation sites is 1. The Hall–Kier alpha value is -2.39. The highest BCUT2D eigenvalue weighted by molar-refractivity contribution is 5.36. The van der Waals surface area contributed by atoms with Gasteiger partial charge in [0.1, 0.15) is 0 Å². The van der Waals surface area contributed by atoms with Gasteiger partial charge >= 0.3 is 0 Å². The molecule has 114 valence electrons. The molecule has 3 heteroatoms. The lowest BCUT2D eigenvalue weighted by molar-refractivity contribution is 0.280. The lowest BCUT2D eigenvalue weighted by Gasteiger charge is -2.07. The highest BCUT2D eigenvalue weighted by Gasteiger charge is 2.00.